The monoisotopic (exact) mass is 954 g/mol. The summed E-state index contributed by atoms with van der Waals surface area (Å²) >= 11 is 0. The molecule has 0 radical (unpaired) electrons. The zero-order chi connectivity index (χ0) is 48.5. The Morgan fingerprint density at radius 3 is 1.17 bits per heavy atom. The highest BCUT2D eigenvalue weighted by atomic mass is 31.2. The van der Waals surface area contributed by atoms with Gasteiger partial charge in [-0.3, -0.25) is 13.8 Å². The maximum atomic E-state index is 12.9. The third kappa shape index (κ3) is 50.8. The minimum atomic E-state index is -4.34. The van der Waals surface area contributed by atoms with Crippen molar-refractivity contribution in [1.82, 2.24) is 5.32 Å². The van der Waals surface area contributed by atoms with Crippen molar-refractivity contribution in [2.45, 2.75) is 296 Å². The van der Waals surface area contributed by atoms with Gasteiger partial charge in [0.25, 0.3) is 0 Å². The number of carbonyl (C=O) groups is 1. The zero-order valence-electron chi connectivity index (χ0n) is 44.7. The fraction of sp³-hybridized carbons (Fsp3) is 0.912. The maximum absolute atomic E-state index is 12.9. The second-order valence-electron chi connectivity index (χ2n) is 21.0. The summed E-state index contributed by atoms with van der Waals surface area (Å²) in [5.41, 5.74) is 0. The van der Waals surface area contributed by atoms with Crippen LogP contribution in [0.15, 0.2) is 24.3 Å². The number of phosphoric ester groups is 1. The number of nitrogens with one attached hydrogen (secondary N) is 1. The van der Waals surface area contributed by atoms with Gasteiger partial charge in [-0.2, -0.15) is 0 Å². The molecule has 0 bridgehead atoms. The molecule has 66 heavy (non-hydrogen) atoms. The summed E-state index contributed by atoms with van der Waals surface area (Å²) < 4.78 is 23.7. The van der Waals surface area contributed by atoms with Crippen LogP contribution in [0.4, 0.5) is 0 Å². The molecule has 0 saturated carbocycles. The smallest absolute Gasteiger partial charge is 0.387 e. The molecule has 3 N–H and O–H groups in total. The highest BCUT2D eigenvalue weighted by Crippen LogP contribution is 2.43. The molecule has 0 fully saturated rings. The van der Waals surface area contributed by atoms with Crippen molar-refractivity contribution in [1.29, 1.82) is 0 Å². The van der Waals surface area contributed by atoms with E-state index in [0.717, 1.165) is 38.5 Å². The van der Waals surface area contributed by atoms with E-state index < -0.39 is 20.0 Å². The number of carbonyl (C=O) groups excluding carboxylic acids is 1. The van der Waals surface area contributed by atoms with E-state index in [-0.39, 0.29) is 19.1 Å². The minimum absolute atomic E-state index is 0.0635. The molecule has 0 aromatic rings. The van der Waals surface area contributed by atoms with Crippen LogP contribution in [0, 0.1) is 0 Å². The van der Waals surface area contributed by atoms with Gasteiger partial charge < -0.3 is 19.8 Å². The van der Waals surface area contributed by atoms with Crippen LogP contribution < -0.4 is 5.32 Å². The minimum Gasteiger partial charge on any atom is -0.387 e. The van der Waals surface area contributed by atoms with E-state index in [0.29, 0.717) is 17.4 Å². The Labute approximate surface area is 411 Å². The van der Waals surface area contributed by atoms with Gasteiger partial charge in [-0.1, -0.05) is 256 Å². The Balaban J connectivity index is 4.02. The first-order valence-electron chi connectivity index (χ1n) is 28.7. The Kier molecular flexibility index (Phi) is 48.2. The predicted molar refractivity (Wildman–Crippen MR) is 286 cm³/mol. The molecule has 0 heterocycles. The van der Waals surface area contributed by atoms with Crippen molar-refractivity contribution in [2.75, 3.05) is 40.9 Å². The van der Waals surface area contributed by atoms with Crippen LogP contribution in [0.1, 0.15) is 284 Å². The Hall–Kier alpha value is -1.02. The van der Waals surface area contributed by atoms with Crippen molar-refractivity contribution in [3.8, 4) is 0 Å². The summed E-state index contributed by atoms with van der Waals surface area (Å²) in [6.45, 7) is 4.84. The van der Waals surface area contributed by atoms with E-state index >= 15 is 0 Å². The van der Waals surface area contributed by atoms with Crippen molar-refractivity contribution in [3.63, 3.8) is 0 Å². The first-order valence-corrected chi connectivity index (χ1v) is 30.2. The van der Waals surface area contributed by atoms with Crippen LogP contribution in [0.5, 0.6) is 0 Å². The normalized spacial score (nSPS) is 14.1. The largest absolute Gasteiger partial charge is 0.472 e. The quantitative estimate of drug-likeness (QED) is 0.0243. The van der Waals surface area contributed by atoms with Crippen LogP contribution in [0.2, 0.25) is 0 Å². The van der Waals surface area contributed by atoms with Crippen LogP contribution in [0.3, 0.4) is 0 Å². The van der Waals surface area contributed by atoms with Gasteiger partial charge in [0.15, 0.2) is 0 Å². The molecule has 3 atom stereocenters. The molecule has 3 unspecified atom stereocenters. The van der Waals surface area contributed by atoms with Gasteiger partial charge in [-0.05, 0) is 44.9 Å². The number of likely N-dealkylation sites (N-methyl/N-ethyl adjacent to an activating group) is 1. The molecule has 0 saturated heterocycles. The average molecular weight is 955 g/mol. The number of hydrogen-bond acceptors (Lipinski definition) is 5. The molecule has 1 amide bonds. The van der Waals surface area contributed by atoms with Crippen LogP contribution in [-0.4, -0.2) is 73.4 Å². The lowest BCUT2D eigenvalue weighted by Crippen LogP contribution is -2.45. The molecule has 0 aliphatic carbocycles. The lowest BCUT2D eigenvalue weighted by atomic mass is 10.0. The predicted octanol–water partition coefficient (Wildman–Crippen LogP) is 17.2. The van der Waals surface area contributed by atoms with E-state index in [1.807, 2.05) is 27.2 Å². The lowest BCUT2D eigenvalue weighted by Gasteiger charge is -2.25. The molecule has 392 valence electrons. The van der Waals surface area contributed by atoms with E-state index in [1.165, 1.54) is 225 Å². The first-order chi connectivity index (χ1) is 32.0. The molecule has 0 aliphatic heterocycles. The Morgan fingerprint density at radius 1 is 0.500 bits per heavy atom. The zero-order valence-corrected chi connectivity index (χ0v) is 45.6. The van der Waals surface area contributed by atoms with Gasteiger partial charge in [0.05, 0.1) is 39.9 Å². The van der Waals surface area contributed by atoms with Crippen molar-refractivity contribution < 1.29 is 32.9 Å². The number of hydrogen-bond donors (Lipinski definition) is 3. The fourth-order valence-corrected chi connectivity index (χ4v) is 9.36. The summed E-state index contributed by atoms with van der Waals surface area (Å²) in [7, 11) is 1.58. The van der Waals surface area contributed by atoms with E-state index in [4.69, 9.17) is 9.05 Å². The summed E-state index contributed by atoms with van der Waals surface area (Å²) in [5, 5.41) is 13.9. The molecule has 9 heteroatoms. The Bertz CT molecular complexity index is 1130. The standard InChI is InChI=1S/C57H113N2O6P/c1-6-8-10-12-14-16-18-20-21-22-23-24-25-26-27-28-29-30-31-32-33-34-35-36-37-39-41-43-45-47-49-51-57(61)58-55(54-65-66(62,63)64-53-52-59(3,4)5)56(60)50-48-46-44-42-40-38-19-17-15-13-11-9-7-2/h26-27,48,50,55-56,60H,6-25,28-47,49,51-54H2,1-5H3,(H-,58,61,62,63)/p+1/b27-26-,50-48+. The molecular weight excluding hydrogens is 840 g/mol. The SMILES string of the molecule is CCCCCCCCCCCCC/C=C/C(O)C(COP(=O)(O)OCC[N+](C)(C)C)NC(=O)CCCCCCCCCCCCCCCCC/C=C\CCCCCCCCCCCCCC. The second-order valence-corrected chi connectivity index (χ2v) is 22.5. The van der Waals surface area contributed by atoms with Crippen LogP contribution >= 0.6 is 7.82 Å². The average Bonchev–Trinajstić information content (AvgIpc) is 3.28. The summed E-state index contributed by atoms with van der Waals surface area (Å²) in [6, 6.07) is -0.843. The molecule has 8 nitrogen and oxygen atoms in total. The second kappa shape index (κ2) is 49.0. The maximum Gasteiger partial charge on any atom is 0.472 e. The number of phosphoric acid groups is 1. The topological polar surface area (TPSA) is 105 Å². The van der Waals surface area contributed by atoms with E-state index in [1.54, 1.807) is 6.08 Å². The molecular formula is C57H114N2O6P+. The van der Waals surface area contributed by atoms with E-state index in [2.05, 4.69) is 31.3 Å². The van der Waals surface area contributed by atoms with E-state index in [9.17, 15) is 19.4 Å². The molecule has 0 aromatic heterocycles. The number of rotatable bonds is 53. The fourth-order valence-electron chi connectivity index (χ4n) is 8.63. The summed E-state index contributed by atoms with van der Waals surface area (Å²) in [6.07, 6.45) is 61.5. The summed E-state index contributed by atoms with van der Waals surface area (Å²) in [5.74, 6) is -0.173. The summed E-state index contributed by atoms with van der Waals surface area (Å²) in [4.78, 5) is 23.2. The number of aliphatic hydroxyl groups is 1. The number of quaternary nitrogens is 1. The van der Waals surface area contributed by atoms with Crippen molar-refractivity contribution >= 4 is 13.7 Å². The van der Waals surface area contributed by atoms with Gasteiger partial charge in [-0.25, -0.2) is 4.57 Å². The molecule has 0 aromatic carbocycles. The number of aliphatic hydroxyl groups excluding tert-OH is 1. The number of amides is 1. The van der Waals surface area contributed by atoms with Gasteiger partial charge in [0.1, 0.15) is 13.2 Å². The highest BCUT2D eigenvalue weighted by molar-refractivity contribution is 7.47. The van der Waals surface area contributed by atoms with Crippen molar-refractivity contribution in [3.05, 3.63) is 24.3 Å². The Morgan fingerprint density at radius 2 is 0.818 bits per heavy atom. The lowest BCUT2D eigenvalue weighted by molar-refractivity contribution is -0.870. The first kappa shape index (κ1) is 65.0. The number of allylic oxidation sites excluding steroid dienone is 3. The number of nitrogens with zero attached hydrogens (tertiary/aromatic N) is 1. The van der Waals surface area contributed by atoms with Gasteiger partial charge >= 0.3 is 7.82 Å². The van der Waals surface area contributed by atoms with Crippen molar-refractivity contribution in [2.24, 2.45) is 0 Å². The van der Waals surface area contributed by atoms with Gasteiger partial charge in [-0.15, -0.1) is 0 Å². The highest BCUT2D eigenvalue weighted by Gasteiger charge is 2.27. The molecule has 0 rings (SSSR count). The molecule has 0 aliphatic rings. The third-order valence-electron chi connectivity index (χ3n) is 13.2. The molecule has 0 spiro atoms. The third-order valence-corrected chi connectivity index (χ3v) is 14.1. The van der Waals surface area contributed by atoms with Gasteiger partial charge in [0, 0.05) is 6.42 Å². The van der Waals surface area contributed by atoms with Crippen LogP contribution in [0.25, 0.3) is 0 Å². The van der Waals surface area contributed by atoms with Gasteiger partial charge in [0.2, 0.25) is 5.91 Å². The number of unbranched alkanes of at least 4 members (excludes halogenated alkanes) is 38. The van der Waals surface area contributed by atoms with Crippen LogP contribution in [-0.2, 0) is 18.4 Å².